The fourth-order valence-corrected chi connectivity index (χ4v) is 4.33. The first-order chi connectivity index (χ1) is 11.6. The number of hydrogen-bond acceptors (Lipinski definition) is 5. The Bertz CT molecular complexity index is 834. The summed E-state index contributed by atoms with van der Waals surface area (Å²) in [6.07, 6.45) is 1.46. The van der Waals surface area contributed by atoms with Crippen molar-refractivity contribution < 1.29 is 27.9 Å². The zero-order valence-corrected chi connectivity index (χ0v) is 15.0. The first kappa shape index (κ1) is 17.9. The van der Waals surface area contributed by atoms with Gasteiger partial charge in [-0.3, -0.25) is 9.59 Å². The summed E-state index contributed by atoms with van der Waals surface area (Å²) in [5, 5.41) is 9.70. The van der Waals surface area contributed by atoms with Gasteiger partial charge in [-0.2, -0.15) is 0 Å². The Labute approximate surface area is 146 Å². The normalized spacial score (nSPS) is 26.3. The maximum absolute atomic E-state index is 13.0. The molecule has 2 atom stereocenters. The summed E-state index contributed by atoms with van der Waals surface area (Å²) in [5.41, 5.74) is -0.0214. The van der Waals surface area contributed by atoms with Gasteiger partial charge >= 0.3 is 5.97 Å². The van der Waals surface area contributed by atoms with Gasteiger partial charge in [-0.05, 0) is 31.0 Å². The molecule has 0 spiro atoms. The number of carbonyl (C=O) groups excluding carboxylic acids is 1. The highest BCUT2D eigenvalue weighted by Gasteiger charge is 2.55. The van der Waals surface area contributed by atoms with Crippen LogP contribution in [0.3, 0.4) is 0 Å². The number of sulfone groups is 1. The highest BCUT2D eigenvalue weighted by molar-refractivity contribution is 7.90. The molecular formula is C17H21NO6S. The predicted molar refractivity (Wildman–Crippen MR) is 89.2 cm³/mol. The molecule has 2 aliphatic heterocycles. The lowest BCUT2D eigenvalue weighted by Gasteiger charge is -2.33. The maximum atomic E-state index is 13.0. The SMILES string of the molecule is Cc1ccc(S(C)(=O)=O)cc1C(=O)N1C[C@H]2COCC[C@@]2(C(=O)O)C1. The van der Waals surface area contributed by atoms with Crippen LogP contribution in [0.5, 0.6) is 0 Å². The minimum atomic E-state index is -3.43. The van der Waals surface area contributed by atoms with Crippen molar-refractivity contribution in [1.29, 1.82) is 0 Å². The van der Waals surface area contributed by atoms with Crippen molar-refractivity contribution >= 4 is 21.7 Å². The minimum absolute atomic E-state index is 0.0781. The van der Waals surface area contributed by atoms with Crippen molar-refractivity contribution in [3.05, 3.63) is 29.3 Å². The zero-order valence-electron chi connectivity index (χ0n) is 14.2. The molecule has 0 aromatic heterocycles. The fraction of sp³-hybridized carbons (Fsp3) is 0.529. The van der Waals surface area contributed by atoms with Crippen LogP contribution in [0.25, 0.3) is 0 Å². The third kappa shape index (κ3) is 3.04. The molecule has 0 aliphatic carbocycles. The van der Waals surface area contributed by atoms with Gasteiger partial charge in [-0.25, -0.2) is 8.42 Å². The third-order valence-electron chi connectivity index (χ3n) is 5.29. The number of rotatable bonds is 3. The highest BCUT2D eigenvalue weighted by atomic mass is 32.2. The number of benzene rings is 1. The molecule has 8 heteroatoms. The lowest BCUT2D eigenvalue weighted by atomic mass is 9.74. The molecule has 7 nitrogen and oxygen atoms in total. The third-order valence-corrected chi connectivity index (χ3v) is 6.40. The molecule has 25 heavy (non-hydrogen) atoms. The Kier molecular flexibility index (Phi) is 4.36. The van der Waals surface area contributed by atoms with Gasteiger partial charge in [0.05, 0.1) is 16.9 Å². The molecule has 1 aromatic carbocycles. The van der Waals surface area contributed by atoms with Crippen LogP contribution < -0.4 is 0 Å². The highest BCUT2D eigenvalue weighted by Crippen LogP contribution is 2.43. The van der Waals surface area contributed by atoms with Gasteiger partial charge in [0.25, 0.3) is 5.91 Å². The van der Waals surface area contributed by atoms with Crippen molar-refractivity contribution in [3.8, 4) is 0 Å². The number of aryl methyl sites for hydroxylation is 1. The largest absolute Gasteiger partial charge is 0.481 e. The van der Waals surface area contributed by atoms with E-state index in [1.807, 2.05) is 0 Å². The summed E-state index contributed by atoms with van der Waals surface area (Å²) in [4.78, 5) is 26.4. The molecule has 2 saturated heterocycles. The van der Waals surface area contributed by atoms with Gasteiger partial charge in [-0.15, -0.1) is 0 Å². The molecule has 0 saturated carbocycles. The van der Waals surface area contributed by atoms with Crippen LogP contribution in [-0.4, -0.2) is 62.9 Å². The van der Waals surface area contributed by atoms with E-state index in [0.29, 0.717) is 37.3 Å². The second-order valence-electron chi connectivity index (χ2n) is 6.92. The predicted octanol–water partition coefficient (Wildman–Crippen LogP) is 0.962. The average molecular weight is 367 g/mol. The Morgan fingerprint density at radius 2 is 2.08 bits per heavy atom. The van der Waals surface area contributed by atoms with Crippen molar-refractivity contribution in [2.75, 3.05) is 32.6 Å². The van der Waals surface area contributed by atoms with Crippen LogP contribution in [0.4, 0.5) is 0 Å². The van der Waals surface area contributed by atoms with E-state index in [-0.39, 0.29) is 23.3 Å². The van der Waals surface area contributed by atoms with E-state index in [0.717, 1.165) is 6.26 Å². The van der Waals surface area contributed by atoms with Gasteiger partial charge in [0.15, 0.2) is 9.84 Å². The van der Waals surface area contributed by atoms with Crippen LogP contribution in [0, 0.1) is 18.3 Å². The summed E-state index contributed by atoms with van der Waals surface area (Å²) >= 11 is 0. The van der Waals surface area contributed by atoms with Crippen molar-refractivity contribution in [1.82, 2.24) is 4.90 Å². The first-order valence-corrected chi connectivity index (χ1v) is 9.95. The number of nitrogens with zero attached hydrogens (tertiary/aromatic N) is 1. The quantitative estimate of drug-likeness (QED) is 0.854. The topological polar surface area (TPSA) is 101 Å². The van der Waals surface area contributed by atoms with E-state index in [2.05, 4.69) is 0 Å². The Morgan fingerprint density at radius 1 is 1.36 bits per heavy atom. The van der Waals surface area contributed by atoms with Crippen LogP contribution in [0.2, 0.25) is 0 Å². The minimum Gasteiger partial charge on any atom is -0.481 e. The molecule has 2 aliphatic rings. The van der Waals surface area contributed by atoms with Gasteiger partial charge in [-0.1, -0.05) is 6.07 Å². The number of hydrogen-bond donors (Lipinski definition) is 1. The lowest BCUT2D eigenvalue weighted by molar-refractivity contribution is -0.157. The van der Waals surface area contributed by atoms with Crippen molar-refractivity contribution in [3.63, 3.8) is 0 Å². The number of carbonyl (C=O) groups is 2. The second-order valence-corrected chi connectivity index (χ2v) is 8.93. The summed E-state index contributed by atoms with van der Waals surface area (Å²) in [7, 11) is -3.43. The molecule has 1 N–H and O–H groups in total. The first-order valence-electron chi connectivity index (χ1n) is 8.06. The summed E-state index contributed by atoms with van der Waals surface area (Å²) in [5.74, 6) is -1.49. The number of aliphatic carboxylic acids is 1. The van der Waals surface area contributed by atoms with E-state index in [9.17, 15) is 23.1 Å². The van der Waals surface area contributed by atoms with Gasteiger partial charge in [0.1, 0.15) is 0 Å². The Balaban J connectivity index is 1.93. The Hall–Kier alpha value is -1.93. The number of carboxylic acids is 1. The van der Waals surface area contributed by atoms with Crippen LogP contribution >= 0.6 is 0 Å². The van der Waals surface area contributed by atoms with Gasteiger partial charge < -0.3 is 14.7 Å². The molecule has 3 rings (SSSR count). The maximum Gasteiger partial charge on any atom is 0.311 e. The number of ether oxygens (including phenoxy) is 1. The molecular weight excluding hydrogens is 346 g/mol. The number of amides is 1. The van der Waals surface area contributed by atoms with Crippen molar-refractivity contribution in [2.45, 2.75) is 18.2 Å². The van der Waals surface area contributed by atoms with E-state index in [1.54, 1.807) is 13.0 Å². The summed E-state index contributed by atoms with van der Waals surface area (Å²) < 4.78 is 28.9. The molecule has 2 fully saturated rings. The number of fused-ring (bicyclic) bond motifs is 1. The number of carboxylic acid groups (broad SMARTS) is 1. The summed E-state index contributed by atoms with van der Waals surface area (Å²) in [6, 6.07) is 4.44. The van der Waals surface area contributed by atoms with E-state index >= 15 is 0 Å². The smallest absolute Gasteiger partial charge is 0.311 e. The van der Waals surface area contributed by atoms with E-state index in [1.165, 1.54) is 17.0 Å². The van der Waals surface area contributed by atoms with Crippen LogP contribution in [0.1, 0.15) is 22.3 Å². The van der Waals surface area contributed by atoms with E-state index in [4.69, 9.17) is 4.74 Å². The van der Waals surface area contributed by atoms with Crippen molar-refractivity contribution in [2.24, 2.45) is 11.3 Å². The number of likely N-dealkylation sites (tertiary alicyclic amines) is 1. The molecule has 136 valence electrons. The Morgan fingerprint density at radius 3 is 2.68 bits per heavy atom. The molecule has 0 radical (unpaired) electrons. The van der Waals surface area contributed by atoms with Crippen LogP contribution in [0.15, 0.2) is 23.1 Å². The second kappa shape index (κ2) is 6.10. The summed E-state index contributed by atoms with van der Waals surface area (Å²) in [6.45, 7) is 2.84. The molecule has 0 unspecified atom stereocenters. The molecule has 1 amide bonds. The van der Waals surface area contributed by atoms with Crippen LogP contribution in [-0.2, 0) is 19.4 Å². The standard InChI is InChI=1S/C17H21NO6S/c1-11-3-4-13(25(2,22)23)7-14(11)15(19)18-8-12-9-24-6-5-17(12,10-18)16(20)21/h3-4,7,12H,5-6,8-10H2,1-2H3,(H,20,21)/t12-,17+/m0/s1. The zero-order chi connectivity index (χ0) is 18.4. The molecule has 1 aromatic rings. The monoisotopic (exact) mass is 367 g/mol. The van der Waals surface area contributed by atoms with Gasteiger partial charge in [0, 0.05) is 37.4 Å². The van der Waals surface area contributed by atoms with E-state index < -0.39 is 21.2 Å². The lowest BCUT2D eigenvalue weighted by Crippen LogP contribution is -2.45. The van der Waals surface area contributed by atoms with Gasteiger partial charge in [0.2, 0.25) is 0 Å². The fourth-order valence-electron chi connectivity index (χ4n) is 3.69. The average Bonchev–Trinajstić information content (AvgIpc) is 2.94. The molecule has 2 heterocycles. The molecule has 0 bridgehead atoms.